The fourth-order valence-corrected chi connectivity index (χ4v) is 3.27. The number of aromatic nitrogens is 5. The van der Waals surface area contributed by atoms with Crippen LogP contribution in [-0.2, 0) is 0 Å². The first kappa shape index (κ1) is 15.0. The number of hydrogen-bond donors (Lipinski definition) is 0. The quantitative estimate of drug-likeness (QED) is 0.461. The monoisotopic (exact) mass is 361 g/mol. The molecule has 7 heteroatoms. The molecule has 0 saturated heterocycles. The van der Waals surface area contributed by atoms with Gasteiger partial charge in [-0.1, -0.05) is 53.2 Å². The molecule has 0 N–H and O–H groups in total. The average Bonchev–Trinajstić information content (AvgIpc) is 3.25. The van der Waals surface area contributed by atoms with Crippen molar-refractivity contribution in [2.24, 2.45) is 0 Å². The fraction of sp³-hybridized carbons (Fsp3) is 0.0526. The molecule has 3 aromatic heterocycles. The zero-order valence-electron chi connectivity index (χ0n) is 13.7. The van der Waals surface area contributed by atoms with Gasteiger partial charge in [0.25, 0.3) is 0 Å². The number of benzene rings is 2. The maximum atomic E-state index is 6.15. The van der Waals surface area contributed by atoms with Crippen LogP contribution in [0.3, 0.4) is 0 Å². The van der Waals surface area contributed by atoms with E-state index >= 15 is 0 Å². The van der Waals surface area contributed by atoms with E-state index in [1.165, 1.54) is 0 Å². The molecule has 0 saturated carbocycles. The van der Waals surface area contributed by atoms with Crippen molar-refractivity contribution in [1.82, 2.24) is 25.0 Å². The highest BCUT2D eigenvalue weighted by Crippen LogP contribution is 2.34. The standard InChI is InChI=1S/C19H12ClN5O/c1-11-16(17(24-26-11)12-5-3-2-4-6-12)19-23-22-18-15-9-14(20)8-7-13(15)10-21-25(18)19/h2-10H,1H3. The van der Waals surface area contributed by atoms with Crippen LogP contribution in [0.4, 0.5) is 0 Å². The molecule has 0 amide bonds. The summed E-state index contributed by atoms with van der Waals surface area (Å²) in [5, 5.41) is 19.9. The van der Waals surface area contributed by atoms with Gasteiger partial charge in [-0.25, -0.2) is 0 Å². The summed E-state index contributed by atoms with van der Waals surface area (Å²) >= 11 is 6.15. The van der Waals surface area contributed by atoms with Gasteiger partial charge in [-0.3, -0.25) is 0 Å². The summed E-state index contributed by atoms with van der Waals surface area (Å²) in [6.07, 6.45) is 1.77. The van der Waals surface area contributed by atoms with Crippen molar-refractivity contribution in [3.63, 3.8) is 0 Å². The number of hydrogen-bond acceptors (Lipinski definition) is 5. The van der Waals surface area contributed by atoms with E-state index in [-0.39, 0.29) is 0 Å². The molecule has 0 aliphatic heterocycles. The zero-order valence-corrected chi connectivity index (χ0v) is 14.5. The second-order valence-electron chi connectivity index (χ2n) is 5.96. The summed E-state index contributed by atoms with van der Waals surface area (Å²) in [4.78, 5) is 0. The molecule has 0 radical (unpaired) electrons. The summed E-state index contributed by atoms with van der Waals surface area (Å²) in [6.45, 7) is 1.85. The van der Waals surface area contributed by atoms with Gasteiger partial charge in [0.1, 0.15) is 11.5 Å². The largest absolute Gasteiger partial charge is 0.360 e. The number of fused-ring (bicyclic) bond motifs is 3. The minimum Gasteiger partial charge on any atom is -0.360 e. The van der Waals surface area contributed by atoms with Gasteiger partial charge in [0.05, 0.1) is 11.8 Å². The van der Waals surface area contributed by atoms with Crippen molar-refractivity contribution < 1.29 is 4.52 Å². The lowest BCUT2D eigenvalue weighted by atomic mass is 10.1. The summed E-state index contributed by atoms with van der Waals surface area (Å²) in [6, 6.07) is 15.4. The number of nitrogens with zero attached hydrogens (tertiary/aromatic N) is 5. The molecule has 26 heavy (non-hydrogen) atoms. The highest BCUT2D eigenvalue weighted by atomic mass is 35.5. The summed E-state index contributed by atoms with van der Waals surface area (Å²) in [5.41, 5.74) is 3.07. The zero-order chi connectivity index (χ0) is 17.7. The Bertz CT molecular complexity index is 1260. The molecule has 0 fully saturated rings. The van der Waals surface area contributed by atoms with Gasteiger partial charge in [-0.2, -0.15) is 9.61 Å². The van der Waals surface area contributed by atoms with Gasteiger partial charge in [0, 0.05) is 21.4 Å². The van der Waals surface area contributed by atoms with E-state index in [2.05, 4.69) is 20.5 Å². The second kappa shape index (κ2) is 5.64. The van der Waals surface area contributed by atoms with Gasteiger partial charge < -0.3 is 4.52 Å². The Kier molecular flexibility index (Phi) is 3.26. The third-order valence-corrected chi connectivity index (χ3v) is 4.58. The molecule has 0 bridgehead atoms. The Hall–Kier alpha value is -3.25. The molecule has 5 rings (SSSR count). The minimum absolute atomic E-state index is 0.583. The fourth-order valence-electron chi connectivity index (χ4n) is 3.10. The van der Waals surface area contributed by atoms with Crippen molar-refractivity contribution >= 4 is 28.0 Å². The molecule has 3 heterocycles. The van der Waals surface area contributed by atoms with E-state index in [4.69, 9.17) is 16.1 Å². The average molecular weight is 362 g/mol. The number of aryl methyl sites for hydroxylation is 1. The van der Waals surface area contributed by atoms with E-state index in [0.29, 0.717) is 27.9 Å². The van der Waals surface area contributed by atoms with Gasteiger partial charge in [0.15, 0.2) is 11.5 Å². The molecule has 0 aliphatic carbocycles. The first-order valence-corrected chi connectivity index (χ1v) is 8.42. The van der Waals surface area contributed by atoms with E-state index in [9.17, 15) is 0 Å². The van der Waals surface area contributed by atoms with Crippen LogP contribution in [0, 0.1) is 6.92 Å². The van der Waals surface area contributed by atoms with Crippen LogP contribution in [-0.4, -0.2) is 25.0 Å². The van der Waals surface area contributed by atoms with Gasteiger partial charge >= 0.3 is 0 Å². The molecule has 6 nitrogen and oxygen atoms in total. The maximum Gasteiger partial charge on any atom is 0.191 e. The Morgan fingerprint density at radius 2 is 1.88 bits per heavy atom. The molecule has 126 valence electrons. The lowest BCUT2D eigenvalue weighted by Crippen LogP contribution is -1.96. The molecule has 5 aromatic rings. The van der Waals surface area contributed by atoms with Crippen LogP contribution >= 0.6 is 11.6 Å². The SMILES string of the molecule is Cc1onc(-c2ccccc2)c1-c1nnc2c3cc(Cl)ccc3cnn12. The van der Waals surface area contributed by atoms with Crippen LogP contribution < -0.4 is 0 Å². The van der Waals surface area contributed by atoms with Crippen molar-refractivity contribution in [1.29, 1.82) is 0 Å². The molecule has 0 unspecified atom stereocenters. The highest BCUT2D eigenvalue weighted by Gasteiger charge is 2.22. The third-order valence-electron chi connectivity index (χ3n) is 4.34. The molecule has 0 atom stereocenters. The van der Waals surface area contributed by atoms with E-state index in [1.54, 1.807) is 10.7 Å². The van der Waals surface area contributed by atoms with Crippen molar-refractivity contribution in [3.05, 3.63) is 65.5 Å². The van der Waals surface area contributed by atoms with E-state index in [1.807, 2.05) is 55.5 Å². The third kappa shape index (κ3) is 2.19. The van der Waals surface area contributed by atoms with Crippen LogP contribution in [0.2, 0.25) is 5.02 Å². The molecular weight excluding hydrogens is 350 g/mol. The second-order valence-corrected chi connectivity index (χ2v) is 6.40. The van der Waals surface area contributed by atoms with E-state index < -0.39 is 0 Å². The van der Waals surface area contributed by atoms with Gasteiger partial charge in [0.2, 0.25) is 0 Å². The van der Waals surface area contributed by atoms with Crippen molar-refractivity contribution in [3.8, 4) is 22.6 Å². The summed E-state index contributed by atoms with van der Waals surface area (Å²) in [7, 11) is 0. The molecule has 2 aromatic carbocycles. The van der Waals surface area contributed by atoms with Crippen LogP contribution in [0.15, 0.2) is 59.3 Å². The highest BCUT2D eigenvalue weighted by molar-refractivity contribution is 6.31. The Balaban J connectivity index is 1.80. The first-order valence-electron chi connectivity index (χ1n) is 8.04. The van der Waals surface area contributed by atoms with E-state index in [0.717, 1.165) is 21.9 Å². The Labute approximate surface area is 153 Å². The van der Waals surface area contributed by atoms with Crippen molar-refractivity contribution in [2.75, 3.05) is 0 Å². The lowest BCUT2D eigenvalue weighted by molar-refractivity contribution is 0.400. The van der Waals surface area contributed by atoms with Crippen LogP contribution in [0.5, 0.6) is 0 Å². The smallest absolute Gasteiger partial charge is 0.191 e. The van der Waals surface area contributed by atoms with Crippen LogP contribution in [0.1, 0.15) is 5.76 Å². The van der Waals surface area contributed by atoms with Crippen molar-refractivity contribution in [2.45, 2.75) is 6.92 Å². The Morgan fingerprint density at radius 3 is 2.73 bits per heavy atom. The lowest BCUT2D eigenvalue weighted by Gasteiger charge is -2.03. The maximum absolute atomic E-state index is 6.15. The minimum atomic E-state index is 0.583. The van der Waals surface area contributed by atoms with Gasteiger partial charge in [-0.15, -0.1) is 10.2 Å². The predicted molar refractivity (Wildman–Crippen MR) is 99.0 cm³/mol. The van der Waals surface area contributed by atoms with Gasteiger partial charge in [-0.05, 0) is 19.1 Å². The predicted octanol–water partition coefficient (Wildman–Crippen LogP) is 4.56. The molecule has 0 spiro atoms. The molecule has 0 aliphatic rings. The summed E-state index contributed by atoms with van der Waals surface area (Å²) in [5.74, 6) is 1.24. The number of halogens is 1. The van der Waals surface area contributed by atoms with Crippen LogP contribution in [0.25, 0.3) is 39.1 Å². The Morgan fingerprint density at radius 1 is 1.04 bits per heavy atom. The number of rotatable bonds is 2. The topological polar surface area (TPSA) is 69.1 Å². The molecular formula is C19H12ClN5O. The normalized spacial score (nSPS) is 11.5. The first-order chi connectivity index (χ1) is 12.7. The summed E-state index contributed by atoms with van der Waals surface area (Å²) < 4.78 is 7.15.